The van der Waals surface area contributed by atoms with Crippen LogP contribution in [-0.2, 0) is 9.53 Å². The Balaban J connectivity index is 1.68. The molecule has 0 radical (unpaired) electrons. The maximum atomic E-state index is 13.7. The number of ether oxygens (including phenoxy) is 2. The maximum Gasteiger partial charge on any atom is 0.229 e. The number of methoxy groups -OCH3 is 1. The van der Waals surface area contributed by atoms with E-state index < -0.39 is 0 Å². The smallest absolute Gasteiger partial charge is 0.229 e. The molecular weight excluding hydrogens is 330 g/mol. The number of fused-ring (bicyclic) bond motifs is 3. The zero-order valence-corrected chi connectivity index (χ0v) is 15.5. The van der Waals surface area contributed by atoms with Crippen molar-refractivity contribution in [3.8, 4) is 11.8 Å². The average molecular weight is 355 g/mol. The molecule has 2 fully saturated rings. The number of nitrogens with zero attached hydrogens (tertiary/aromatic N) is 3. The second-order valence-electron chi connectivity index (χ2n) is 7.83. The normalized spacial score (nSPS) is 32.5. The fourth-order valence-electron chi connectivity index (χ4n) is 5.22. The van der Waals surface area contributed by atoms with Gasteiger partial charge >= 0.3 is 0 Å². The maximum absolute atomic E-state index is 13.7. The number of nitriles is 1. The Hall–Kier alpha value is -2.13. The van der Waals surface area contributed by atoms with E-state index >= 15 is 0 Å². The van der Waals surface area contributed by atoms with Gasteiger partial charge in [0.05, 0.1) is 23.6 Å². The molecular formula is C20H25N3O3. The molecule has 0 saturated heterocycles. The van der Waals surface area contributed by atoms with Crippen molar-refractivity contribution in [1.82, 2.24) is 9.88 Å². The summed E-state index contributed by atoms with van der Waals surface area (Å²) in [5, 5.41) is 9.37. The molecule has 2 aliphatic carbocycles. The lowest BCUT2D eigenvalue weighted by atomic mass is 9.82. The number of aromatic nitrogens is 1. The van der Waals surface area contributed by atoms with Gasteiger partial charge in [0.1, 0.15) is 24.0 Å². The highest BCUT2D eigenvalue weighted by Gasteiger charge is 2.59. The molecule has 3 aliphatic rings. The van der Waals surface area contributed by atoms with Crippen molar-refractivity contribution in [3.63, 3.8) is 0 Å². The Morgan fingerprint density at radius 1 is 1.42 bits per heavy atom. The van der Waals surface area contributed by atoms with Gasteiger partial charge in [-0.05, 0) is 38.5 Å². The first-order valence-corrected chi connectivity index (χ1v) is 9.45. The van der Waals surface area contributed by atoms with Crippen LogP contribution in [0.1, 0.15) is 62.6 Å². The summed E-state index contributed by atoms with van der Waals surface area (Å²) in [5.74, 6) is 0.811. The van der Waals surface area contributed by atoms with E-state index in [0.29, 0.717) is 24.5 Å². The molecule has 2 saturated carbocycles. The highest BCUT2D eigenvalue weighted by atomic mass is 16.5. The third-order valence-corrected chi connectivity index (χ3v) is 6.67. The molecule has 6 nitrogen and oxygen atoms in total. The quantitative estimate of drug-likeness (QED) is 0.833. The van der Waals surface area contributed by atoms with Gasteiger partial charge in [0.2, 0.25) is 5.91 Å². The van der Waals surface area contributed by atoms with E-state index in [9.17, 15) is 10.1 Å². The third kappa shape index (κ3) is 2.41. The van der Waals surface area contributed by atoms with E-state index in [1.165, 1.54) is 6.20 Å². The van der Waals surface area contributed by atoms with E-state index in [-0.39, 0.29) is 23.0 Å². The molecule has 0 aromatic carbocycles. The first kappa shape index (κ1) is 17.3. The number of hydrogen-bond donors (Lipinski definition) is 0. The largest absolute Gasteiger partial charge is 0.490 e. The Morgan fingerprint density at radius 2 is 2.19 bits per heavy atom. The Morgan fingerprint density at radius 3 is 2.81 bits per heavy atom. The van der Waals surface area contributed by atoms with Crippen LogP contribution in [0.4, 0.5) is 0 Å². The summed E-state index contributed by atoms with van der Waals surface area (Å²) in [5.41, 5.74) is 0.887. The predicted octanol–water partition coefficient (Wildman–Crippen LogP) is 2.97. The minimum Gasteiger partial charge on any atom is -0.490 e. The fourth-order valence-corrected chi connectivity index (χ4v) is 5.22. The van der Waals surface area contributed by atoms with Gasteiger partial charge in [-0.15, -0.1) is 0 Å². The van der Waals surface area contributed by atoms with E-state index in [0.717, 1.165) is 44.1 Å². The molecule has 1 amide bonds. The van der Waals surface area contributed by atoms with Gasteiger partial charge in [0, 0.05) is 25.1 Å². The number of pyridine rings is 1. The monoisotopic (exact) mass is 355 g/mol. The van der Waals surface area contributed by atoms with E-state index in [2.05, 4.69) is 18.0 Å². The van der Waals surface area contributed by atoms with Crippen molar-refractivity contribution in [2.75, 3.05) is 20.3 Å². The van der Waals surface area contributed by atoms with Crippen LogP contribution in [0.5, 0.6) is 5.75 Å². The van der Waals surface area contributed by atoms with Crippen molar-refractivity contribution < 1.29 is 14.3 Å². The Labute approximate surface area is 154 Å². The van der Waals surface area contributed by atoms with Crippen molar-refractivity contribution >= 4 is 5.91 Å². The number of amides is 1. The number of hydrogen-bond acceptors (Lipinski definition) is 5. The average Bonchev–Trinajstić information content (AvgIpc) is 3.19. The van der Waals surface area contributed by atoms with E-state index in [1.54, 1.807) is 13.3 Å². The lowest BCUT2D eigenvalue weighted by Crippen LogP contribution is -2.44. The standard InChI is InChI=1S/C20H25N3O3/c1-3-16-15-12-22-11-14(10-21)17(15)26-9-8-23(16)18(24)19-4-6-20(13-19,25-2)7-5-19/h11-12,16H,3-9,13H2,1-2H3/t16-,19?,20?/m0/s1. The van der Waals surface area contributed by atoms with Crippen molar-refractivity contribution in [2.45, 2.75) is 57.1 Å². The molecule has 0 N–H and O–H groups in total. The zero-order valence-electron chi connectivity index (χ0n) is 15.5. The summed E-state index contributed by atoms with van der Waals surface area (Å²) in [6.45, 7) is 3.01. The van der Waals surface area contributed by atoms with Gasteiger partial charge in [0.25, 0.3) is 0 Å². The molecule has 4 rings (SSSR count). The molecule has 0 spiro atoms. The summed E-state index contributed by atoms with van der Waals surface area (Å²) in [6, 6.07) is 2.05. The van der Waals surface area contributed by atoms with Crippen LogP contribution in [0.15, 0.2) is 12.4 Å². The molecule has 6 heteroatoms. The van der Waals surface area contributed by atoms with Gasteiger partial charge in [-0.2, -0.15) is 5.26 Å². The number of carbonyl (C=O) groups excluding carboxylic acids is 1. The molecule has 1 aromatic heterocycles. The van der Waals surface area contributed by atoms with Gasteiger partial charge in [-0.3, -0.25) is 9.78 Å². The van der Waals surface area contributed by atoms with Crippen LogP contribution in [0.2, 0.25) is 0 Å². The van der Waals surface area contributed by atoms with Crippen LogP contribution in [0.3, 0.4) is 0 Å². The zero-order chi connectivity index (χ0) is 18.4. The van der Waals surface area contributed by atoms with Crippen molar-refractivity contribution in [2.24, 2.45) is 5.41 Å². The molecule has 2 bridgehead atoms. The summed E-state index contributed by atoms with van der Waals surface area (Å²) < 4.78 is 11.7. The fraction of sp³-hybridized carbons (Fsp3) is 0.650. The van der Waals surface area contributed by atoms with Gasteiger partial charge in [-0.1, -0.05) is 6.92 Å². The molecule has 1 atom stereocenters. The first-order valence-electron chi connectivity index (χ1n) is 9.45. The molecule has 1 aliphatic heterocycles. The minimum absolute atomic E-state index is 0.103. The summed E-state index contributed by atoms with van der Waals surface area (Å²) in [4.78, 5) is 19.8. The SMILES string of the molecule is CC[C@H]1c2cncc(C#N)c2OCCN1C(=O)C12CCC(OC)(CC1)C2. The first-order chi connectivity index (χ1) is 12.6. The Kier molecular flexibility index (Phi) is 4.15. The molecule has 2 heterocycles. The second kappa shape index (κ2) is 6.24. The van der Waals surface area contributed by atoms with Crippen LogP contribution in [0, 0.1) is 16.7 Å². The van der Waals surface area contributed by atoms with Crippen LogP contribution >= 0.6 is 0 Å². The second-order valence-corrected chi connectivity index (χ2v) is 7.83. The van der Waals surface area contributed by atoms with Crippen LogP contribution in [0.25, 0.3) is 0 Å². The summed E-state index contributed by atoms with van der Waals surface area (Å²) in [7, 11) is 1.77. The van der Waals surface area contributed by atoms with Gasteiger partial charge < -0.3 is 14.4 Å². The number of rotatable bonds is 3. The van der Waals surface area contributed by atoms with Crippen molar-refractivity contribution in [3.05, 3.63) is 23.5 Å². The van der Waals surface area contributed by atoms with Crippen LogP contribution < -0.4 is 4.74 Å². The lowest BCUT2D eigenvalue weighted by molar-refractivity contribution is -0.144. The summed E-state index contributed by atoms with van der Waals surface area (Å²) >= 11 is 0. The lowest BCUT2D eigenvalue weighted by Gasteiger charge is -2.36. The van der Waals surface area contributed by atoms with E-state index in [1.807, 2.05) is 4.90 Å². The van der Waals surface area contributed by atoms with Crippen LogP contribution in [-0.4, -0.2) is 41.7 Å². The highest BCUT2D eigenvalue weighted by molar-refractivity contribution is 5.84. The molecule has 1 aromatic rings. The van der Waals surface area contributed by atoms with Gasteiger partial charge in [-0.25, -0.2) is 0 Å². The topological polar surface area (TPSA) is 75.5 Å². The van der Waals surface area contributed by atoms with E-state index in [4.69, 9.17) is 9.47 Å². The molecule has 26 heavy (non-hydrogen) atoms. The predicted molar refractivity (Wildman–Crippen MR) is 94.5 cm³/mol. The molecule has 138 valence electrons. The molecule has 0 unspecified atom stereocenters. The third-order valence-electron chi connectivity index (χ3n) is 6.67. The highest BCUT2D eigenvalue weighted by Crippen LogP contribution is 2.59. The Bertz CT molecular complexity index is 762. The van der Waals surface area contributed by atoms with Gasteiger partial charge in [0.15, 0.2) is 0 Å². The van der Waals surface area contributed by atoms with Crippen molar-refractivity contribution in [1.29, 1.82) is 5.26 Å². The number of carbonyl (C=O) groups is 1. The minimum atomic E-state index is -0.297. The summed E-state index contributed by atoms with van der Waals surface area (Å²) in [6.07, 6.45) is 8.60.